The zero-order valence-corrected chi connectivity index (χ0v) is 12.4. The molecular formula is C16H11BrF3N. The predicted octanol–water partition coefficient (Wildman–Crippen LogP) is 5.54. The van der Waals surface area contributed by atoms with Gasteiger partial charge in [0.15, 0.2) is 0 Å². The molecule has 108 valence electrons. The largest absolute Gasteiger partial charge is 0.416 e. The highest BCUT2D eigenvalue weighted by atomic mass is 79.9. The summed E-state index contributed by atoms with van der Waals surface area (Å²) < 4.78 is 39.4. The SMILES string of the molecule is FC(F)(F)c1ccc2[nH]cc(Cc3ccccc3Br)c2c1. The molecule has 3 rings (SSSR count). The molecule has 0 saturated carbocycles. The number of hydrogen-bond acceptors (Lipinski definition) is 0. The molecule has 21 heavy (non-hydrogen) atoms. The van der Waals surface area contributed by atoms with Crippen LogP contribution in [0.3, 0.4) is 0 Å². The maximum absolute atomic E-state index is 12.8. The van der Waals surface area contributed by atoms with E-state index in [9.17, 15) is 13.2 Å². The molecule has 1 nitrogen and oxygen atoms in total. The van der Waals surface area contributed by atoms with Crippen molar-refractivity contribution < 1.29 is 13.2 Å². The van der Waals surface area contributed by atoms with Crippen molar-refractivity contribution >= 4 is 26.8 Å². The number of aromatic nitrogens is 1. The summed E-state index contributed by atoms with van der Waals surface area (Å²) in [6.45, 7) is 0. The second-order valence-corrected chi connectivity index (χ2v) is 5.69. The molecule has 0 unspecified atom stereocenters. The molecule has 0 spiro atoms. The Balaban J connectivity index is 2.05. The first-order chi connectivity index (χ1) is 9.95. The van der Waals surface area contributed by atoms with E-state index >= 15 is 0 Å². The zero-order valence-electron chi connectivity index (χ0n) is 10.8. The highest BCUT2D eigenvalue weighted by Crippen LogP contribution is 2.33. The lowest BCUT2D eigenvalue weighted by Crippen LogP contribution is -2.04. The van der Waals surface area contributed by atoms with E-state index < -0.39 is 11.7 Å². The van der Waals surface area contributed by atoms with Crippen molar-refractivity contribution in [3.8, 4) is 0 Å². The van der Waals surface area contributed by atoms with Gasteiger partial charge in [-0.25, -0.2) is 0 Å². The number of halogens is 4. The number of nitrogens with one attached hydrogen (secondary N) is 1. The quantitative estimate of drug-likeness (QED) is 0.622. The fourth-order valence-electron chi connectivity index (χ4n) is 2.35. The number of rotatable bonds is 2. The minimum absolute atomic E-state index is 0.572. The number of hydrogen-bond donors (Lipinski definition) is 1. The molecule has 0 amide bonds. The molecular weight excluding hydrogens is 343 g/mol. The zero-order chi connectivity index (χ0) is 15.0. The van der Waals surface area contributed by atoms with Crippen molar-refractivity contribution in [3.05, 3.63) is 69.8 Å². The molecule has 0 aliphatic rings. The highest BCUT2D eigenvalue weighted by Gasteiger charge is 2.30. The normalized spacial score (nSPS) is 12.0. The van der Waals surface area contributed by atoms with Gasteiger partial charge in [0.1, 0.15) is 0 Å². The number of H-pyrrole nitrogens is 1. The van der Waals surface area contributed by atoms with E-state index in [0.717, 1.165) is 21.7 Å². The first-order valence-electron chi connectivity index (χ1n) is 6.36. The Bertz CT molecular complexity index is 790. The number of benzene rings is 2. The molecule has 0 saturated heterocycles. The Hall–Kier alpha value is -1.75. The first-order valence-corrected chi connectivity index (χ1v) is 7.15. The van der Waals surface area contributed by atoms with Gasteiger partial charge in [-0.3, -0.25) is 0 Å². The van der Waals surface area contributed by atoms with Crippen LogP contribution in [-0.2, 0) is 12.6 Å². The van der Waals surface area contributed by atoms with E-state index in [1.165, 1.54) is 12.1 Å². The Morgan fingerprint density at radius 1 is 1.00 bits per heavy atom. The van der Waals surface area contributed by atoms with E-state index in [4.69, 9.17) is 0 Å². The number of alkyl halides is 3. The Morgan fingerprint density at radius 2 is 1.76 bits per heavy atom. The summed E-state index contributed by atoms with van der Waals surface area (Å²) in [7, 11) is 0. The van der Waals surface area contributed by atoms with Crippen LogP contribution in [-0.4, -0.2) is 4.98 Å². The van der Waals surface area contributed by atoms with Gasteiger partial charge in [-0.15, -0.1) is 0 Å². The molecule has 1 N–H and O–H groups in total. The molecule has 5 heteroatoms. The fourth-order valence-corrected chi connectivity index (χ4v) is 2.77. The minimum Gasteiger partial charge on any atom is -0.361 e. The topological polar surface area (TPSA) is 15.8 Å². The third kappa shape index (κ3) is 2.83. The molecule has 0 bridgehead atoms. The standard InChI is InChI=1S/C16H11BrF3N/c17-14-4-2-1-3-10(14)7-11-9-21-15-6-5-12(8-13(11)15)16(18,19)20/h1-6,8-9,21H,7H2. The van der Waals surface area contributed by atoms with Crippen LogP contribution >= 0.6 is 15.9 Å². The summed E-state index contributed by atoms with van der Waals surface area (Å²) in [5, 5.41) is 0.612. The summed E-state index contributed by atoms with van der Waals surface area (Å²) >= 11 is 3.46. The summed E-state index contributed by atoms with van der Waals surface area (Å²) in [5.41, 5.74) is 1.98. The van der Waals surface area contributed by atoms with Gasteiger partial charge in [-0.2, -0.15) is 13.2 Å². The third-order valence-corrected chi connectivity index (χ3v) is 4.21. The lowest BCUT2D eigenvalue weighted by Gasteiger charge is -2.07. The van der Waals surface area contributed by atoms with E-state index in [1.807, 2.05) is 24.3 Å². The Morgan fingerprint density at radius 3 is 2.48 bits per heavy atom. The summed E-state index contributed by atoms with van der Waals surface area (Å²) in [5.74, 6) is 0. The molecule has 0 radical (unpaired) electrons. The van der Waals surface area contributed by atoms with Crippen molar-refractivity contribution in [1.82, 2.24) is 4.98 Å². The monoisotopic (exact) mass is 353 g/mol. The van der Waals surface area contributed by atoms with Crippen LogP contribution < -0.4 is 0 Å². The second-order valence-electron chi connectivity index (χ2n) is 4.84. The number of aromatic amines is 1. The van der Waals surface area contributed by atoms with Crippen molar-refractivity contribution in [2.24, 2.45) is 0 Å². The maximum atomic E-state index is 12.8. The van der Waals surface area contributed by atoms with Crippen LogP contribution in [0, 0.1) is 0 Å². The smallest absolute Gasteiger partial charge is 0.361 e. The molecule has 0 fully saturated rings. The van der Waals surface area contributed by atoms with Crippen LogP contribution in [0.25, 0.3) is 10.9 Å². The lowest BCUT2D eigenvalue weighted by molar-refractivity contribution is -0.137. The first kappa shape index (κ1) is 14.2. The molecule has 0 aliphatic carbocycles. The summed E-state index contributed by atoms with van der Waals surface area (Å²) in [6, 6.07) is 11.5. The maximum Gasteiger partial charge on any atom is 0.416 e. The van der Waals surface area contributed by atoms with Crippen LogP contribution in [0.4, 0.5) is 13.2 Å². The van der Waals surface area contributed by atoms with Gasteiger partial charge in [-0.05, 0) is 35.4 Å². The van der Waals surface area contributed by atoms with E-state index in [0.29, 0.717) is 17.3 Å². The molecule has 0 atom stereocenters. The molecule has 2 aromatic carbocycles. The second kappa shape index (κ2) is 5.22. The van der Waals surface area contributed by atoms with Gasteiger partial charge in [0.05, 0.1) is 5.56 Å². The van der Waals surface area contributed by atoms with Gasteiger partial charge in [0.2, 0.25) is 0 Å². The van der Waals surface area contributed by atoms with Gasteiger partial charge in [0.25, 0.3) is 0 Å². The third-order valence-electron chi connectivity index (χ3n) is 3.43. The van der Waals surface area contributed by atoms with E-state index in [1.54, 1.807) is 6.20 Å². The predicted molar refractivity (Wildman–Crippen MR) is 80.2 cm³/mol. The van der Waals surface area contributed by atoms with Crippen molar-refractivity contribution in [2.75, 3.05) is 0 Å². The summed E-state index contributed by atoms with van der Waals surface area (Å²) in [4.78, 5) is 3.02. The van der Waals surface area contributed by atoms with E-state index in [2.05, 4.69) is 20.9 Å². The van der Waals surface area contributed by atoms with Crippen LogP contribution in [0.2, 0.25) is 0 Å². The molecule has 0 aliphatic heterocycles. The summed E-state index contributed by atoms with van der Waals surface area (Å²) in [6.07, 6.45) is -1.98. The Kier molecular flexibility index (Phi) is 3.53. The highest BCUT2D eigenvalue weighted by molar-refractivity contribution is 9.10. The Labute approximate surface area is 127 Å². The van der Waals surface area contributed by atoms with Crippen molar-refractivity contribution in [2.45, 2.75) is 12.6 Å². The van der Waals surface area contributed by atoms with Gasteiger partial charge in [0, 0.05) is 28.0 Å². The molecule has 3 aromatic rings. The average molecular weight is 354 g/mol. The molecule has 1 aromatic heterocycles. The van der Waals surface area contributed by atoms with Gasteiger partial charge >= 0.3 is 6.18 Å². The van der Waals surface area contributed by atoms with Crippen molar-refractivity contribution in [1.29, 1.82) is 0 Å². The lowest BCUT2D eigenvalue weighted by atomic mass is 10.0. The average Bonchev–Trinajstić information content (AvgIpc) is 2.83. The number of fused-ring (bicyclic) bond motifs is 1. The fraction of sp³-hybridized carbons (Fsp3) is 0.125. The molecule has 1 heterocycles. The van der Waals surface area contributed by atoms with Crippen LogP contribution in [0.15, 0.2) is 53.1 Å². The van der Waals surface area contributed by atoms with Gasteiger partial charge in [-0.1, -0.05) is 34.1 Å². The van der Waals surface area contributed by atoms with Crippen molar-refractivity contribution in [3.63, 3.8) is 0 Å². The van der Waals surface area contributed by atoms with E-state index in [-0.39, 0.29) is 0 Å². The van der Waals surface area contributed by atoms with Gasteiger partial charge < -0.3 is 4.98 Å². The van der Waals surface area contributed by atoms with Crippen LogP contribution in [0.1, 0.15) is 16.7 Å². The van der Waals surface area contributed by atoms with Crippen LogP contribution in [0.5, 0.6) is 0 Å². The minimum atomic E-state index is -4.32.